The summed E-state index contributed by atoms with van der Waals surface area (Å²) in [6.45, 7) is 42.2. The number of rotatable bonds is 5. The number of nitrogens with one attached hydrogen (secondary N) is 2. The topological polar surface area (TPSA) is 72.5 Å². The van der Waals surface area contributed by atoms with Gasteiger partial charge in [0, 0.05) is 6.10 Å². The first-order chi connectivity index (χ1) is 23.3. The second-order valence-corrected chi connectivity index (χ2v) is 11.8. The summed E-state index contributed by atoms with van der Waals surface area (Å²) >= 11 is 0. The third kappa shape index (κ3) is 142. The predicted octanol–water partition coefficient (Wildman–Crippen LogP) is 0.775. The predicted molar refractivity (Wildman–Crippen MR) is 227 cm³/mol. The SMILES string of the molecule is C1CCNCC1.C1CCNCC1.C1CC[N-]CC1.C1CC[N-]CC1.C=CC=C.C=CC=C.CC(C)O.CCCC.[CH2-]CCC.[CH2-]CCC.[Li+].[Li+].[Li+].[Li+]. The molecular weight excluding hydrogens is 616 g/mol. The van der Waals surface area contributed by atoms with Crippen LogP contribution in [0, 0.1) is 13.8 Å². The average Bonchev–Trinajstić information content (AvgIpc) is 3.18. The van der Waals surface area contributed by atoms with Crippen molar-refractivity contribution in [2.24, 2.45) is 0 Å². The molecule has 0 spiro atoms. The molecule has 0 aliphatic carbocycles. The van der Waals surface area contributed by atoms with Crippen LogP contribution in [0.3, 0.4) is 0 Å². The van der Waals surface area contributed by atoms with Gasteiger partial charge in [-0.2, -0.15) is 12.8 Å². The monoisotopic (exact) mass is 707 g/mol. The van der Waals surface area contributed by atoms with Crippen LogP contribution in [0.5, 0.6) is 0 Å². The number of allylic oxidation sites excluding steroid dienone is 4. The third-order valence-corrected chi connectivity index (χ3v) is 6.22. The van der Waals surface area contributed by atoms with Gasteiger partial charge in [0.2, 0.25) is 0 Å². The van der Waals surface area contributed by atoms with Crippen molar-refractivity contribution >= 4 is 0 Å². The molecule has 3 N–H and O–H groups in total. The Morgan fingerprint density at radius 1 is 0.481 bits per heavy atom. The Bertz CT molecular complexity index is 379. The van der Waals surface area contributed by atoms with Crippen LogP contribution in [0.15, 0.2) is 50.6 Å². The Kier molecular flexibility index (Phi) is 140. The van der Waals surface area contributed by atoms with E-state index in [-0.39, 0.29) is 81.5 Å². The van der Waals surface area contributed by atoms with Crippen molar-refractivity contribution in [2.75, 3.05) is 52.4 Å². The summed E-state index contributed by atoms with van der Waals surface area (Å²) in [7, 11) is 0. The zero-order chi connectivity index (χ0) is 37.6. The molecular formula is C43H90Li4N4O. The maximum absolute atomic E-state index is 8.06. The van der Waals surface area contributed by atoms with Crippen molar-refractivity contribution in [3.05, 3.63) is 75.1 Å². The molecule has 0 aromatic carbocycles. The molecule has 292 valence electrons. The van der Waals surface area contributed by atoms with E-state index in [1.165, 1.54) is 129 Å². The van der Waals surface area contributed by atoms with Gasteiger partial charge in [0.15, 0.2) is 0 Å². The normalized spacial score (nSPS) is 14.3. The van der Waals surface area contributed by atoms with Crippen LogP contribution in [0.25, 0.3) is 10.6 Å². The molecule has 4 saturated heterocycles. The van der Waals surface area contributed by atoms with Crippen LogP contribution in [-0.4, -0.2) is 63.6 Å². The third-order valence-electron chi connectivity index (χ3n) is 6.22. The molecule has 0 saturated carbocycles. The van der Waals surface area contributed by atoms with Gasteiger partial charge in [-0.15, -0.1) is 26.2 Å². The molecule has 5 nitrogen and oxygen atoms in total. The van der Waals surface area contributed by atoms with Crippen LogP contribution in [0.4, 0.5) is 0 Å². The molecule has 4 aliphatic heterocycles. The van der Waals surface area contributed by atoms with E-state index in [4.69, 9.17) is 5.11 Å². The van der Waals surface area contributed by atoms with Crippen molar-refractivity contribution < 1.29 is 80.5 Å². The molecule has 0 unspecified atom stereocenters. The second-order valence-electron chi connectivity index (χ2n) is 11.8. The van der Waals surface area contributed by atoms with Gasteiger partial charge < -0.3 is 40.2 Å². The van der Waals surface area contributed by atoms with Gasteiger partial charge in [-0.25, -0.2) is 0 Å². The molecule has 0 bridgehead atoms. The Hall–Kier alpha value is 1.15. The van der Waals surface area contributed by atoms with E-state index in [1.807, 2.05) is 0 Å². The van der Waals surface area contributed by atoms with Gasteiger partial charge in [0.05, 0.1) is 0 Å². The maximum atomic E-state index is 8.06. The van der Waals surface area contributed by atoms with Gasteiger partial charge in [-0.05, 0) is 65.7 Å². The van der Waals surface area contributed by atoms with Crippen molar-refractivity contribution in [1.29, 1.82) is 0 Å². The summed E-state index contributed by atoms with van der Waals surface area (Å²) in [6, 6.07) is 0. The maximum Gasteiger partial charge on any atom is 1.00 e. The quantitative estimate of drug-likeness (QED) is 0.225. The van der Waals surface area contributed by atoms with Crippen LogP contribution in [-0.2, 0) is 0 Å². The number of unbranched alkanes of at least 4 members (excludes halogenated alkanes) is 3. The molecule has 52 heavy (non-hydrogen) atoms. The van der Waals surface area contributed by atoms with E-state index in [2.05, 4.69) is 89.1 Å². The van der Waals surface area contributed by atoms with Gasteiger partial charge in [-0.1, -0.05) is 155 Å². The standard InChI is InChI=1S/2C5H11N.2C5H10N.C4H10.2C4H9.2C4H6.C3H8O.4Li/c4*1-2-4-6-5-3-1;5*1-3-4-2;1-3(2)4;;;;/h2*6H,1-5H2;2*1-5H2;3-4H2,1-2H3;2*1,3-4H2,2H3;2*3-4H,1-2H2;3-4H,1-2H3;;;;/q;;2*-1;;2*-1;;;;4*+1. The summed E-state index contributed by atoms with van der Waals surface area (Å²) in [5.41, 5.74) is 0. The minimum absolute atomic E-state index is 0. The minimum atomic E-state index is -0.167. The minimum Gasteiger partial charge on any atom is -0.662 e. The summed E-state index contributed by atoms with van der Waals surface area (Å²) in [5.74, 6) is 0. The molecule has 4 rings (SSSR count). The Labute approximate surface area is 379 Å². The fourth-order valence-corrected chi connectivity index (χ4v) is 3.08. The van der Waals surface area contributed by atoms with E-state index in [9.17, 15) is 0 Å². The van der Waals surface area contributed by atoms with Crippen molar-refractivity contribution in [3.63, 3.8) is 0 Å². The van der Waals surface area contributed by atoms with Gasteiger partial charge >= 0.3 is 75.4 Å². The zero-order valence-electron chi connectivity index (χ0n) is 37.9. The van der Waals surface area contributed by atoms with Crippen LogP contribution < -0.4 is 86.1 Å². The molecule has 0 aromatic heterocycles. The summed E-state index contributed by atoms with van der Waals surface area (Å²) in [4.78, 5) is 0. The van der Waals surface area contributed by atoms with Gasteiger partial charge in [-0.3, -0.25) is 0 Å². The first-order valence-corrected chi connectivity index (χ1v) is 19.7. The fourth-order valence-electron chi connectivity index (χ4n) is 3.08. The Morgan fingerprint density at radius 3 is 0.712 bits per heavy atom. The molecule has 9 heteroatoms. The first-order valence-electron chi connectivity index (χ1n) is 19.7. The molecule has 0 atom stereocenters. The average molecular weight is 707 g/mol. The Morgan fingerprint density at radius 2 is 0.673 bits per heavy atom. The number of piperidine rings is 4. The first kappa shape index (κ1) is 77.6. The Balaban J connectivity index is -0.0000000471. The number of hydrogen-bond acceptors (Lipinski definition) is 3. The van der Waals surface area contributed by atoms with Crippen molar-refractivity contribution in [3.8, 4) is 0 Å². The fraction of sp³-hybridized carbons (Fsp3) is 0.767. The van der Waals surface area contributed by atoms with Gasteiger partial charge in [0.1, 0.15) is 0 Å². The van der Waals surface area contributed by atoms with E-state index < -0.39 is 0 Å². The van der Waals surface area contributed by atoms with Crippen LogP contribution in [0.2, 0.25) is 0 Å². The number of aliphatic hydroxyl groups excluding tert-OH is 1. The molecule has 0 aromatic rings. The van der Waals surface area contributed by atoms with Crippen LogP contribution >= 0.6 is 0 Å². The molecule has 4 fully saturated rings. The molecule has 4 aliphatic rings. The van der Waals surface area contributed by atoms with E-state index in [1.54, 1.807) is 38.2 Å². The van der Waals surface area contributed by atoms with E-state index in [0.717, 1.165) is 39.0 Å². The largest absolute Gasteiger partial charge is 1.00 e. The van der Waals surface area contributed by atoms with Crippen molar-refractivity contribution in [2.45, 2.75) is 163 Å². The number of hydrogen-bond donors (Lipinski definition) is 3. The molecule has 0 amide bonds. The summed E-state index contributed by atoms with van der Waals surface area (Å²) in [6.07, 6.45) is 30.2. The van der Waals surface area contributed by atoms with Crippen LogP contribution in [0.1, 0.15) is 157 Å². The number of aliphatic hydroxyl groups is 1. The van der Waals surface area contributed by atoms with Gasteiger partial charge in [0.25, 0.3) is 0 Å². The van der Waals surface area contributed by atoms with E-state index in [0.29, 0.717) is 0 Å². The zero-order valence-corrected chi connectivity index (χ0v) is 37.9. The van der Waals surface area contributed by atoms with E-state index >= 15 is 0 Å². The number of nitrogens with zero attached hydrogens (tertiary/aromatic N) is 2. The smallest absolute Gasteiger partial charge is 0.662 e. The molecule has 0 radical (unpaired) electrons. The van der Waals surface area contributed by atoms with Crippen molar-refractivity contribution in [1.82, 2.24) is 10.6 Å². The molecule has 4 heterocycles. The summed E-state index contributed by atoms with van der Waals surface area (Å²) in [5, 5.41) is 23.0. The summed E-state index contributed by atoms with van der Waals surface area (Å²) < 4.78 is 0. The second kappa shape index (κ2) is 93.7.